The summed E-state index contributed by atoms with van der Waals surface area (Å²) in [5.74, 6) is 2.46. The Hall–Kier alpha value is -1.12. The van der Waals surface area contributed by atoms with Crippen LogP contribution in [0.25, 0.3) is 0 Å². The Bertz CT molecular complexity index is 717. The Morgan fingerprint density at radius 3 is 2.59 bits per heavy atom. The van der Waals surface area contributed by atoms with E-state index in [-0.39, 0.29) is 22.9 Å². The van der Waals surface area contributed by atoms with Crippen LogP contribution < -0.4 is 0 Å². The zero-order valence-electron chi connectivity index (χ0n) is 17.2. The van der Waals surface area contributed by atoms with E-state index in [1.807, 2.05) is 6.92 Å². The molecule has 5 aliphatic carbocycles. The minimum absolute atomic E-state index is 0.0331. The van der Waals surface area contributed by atoms with Crippen molar-refractivity contribution < 1.29 is 14.3 Å². The Balaban J connectivity index is 1.48. The van der Waals surface area contributed by atoms with Crippen LogP contribution >= 0.6 is 0 Å². The van der Waals surface area contributed by atoms with Crippen LogP contribution in [-0.4, -0.2) is 17.9 Å². The zero-order chi connectivity index (χ0) is 19.0. The smallest absolute Gasteiger partial charge is 0.305 e. The maximum Gasteiger partial charge on any atom is 0.305 e. The highest BCUT2D eigenvalue weighted by atomic mass is 16.5. The van der Waals surface area contributed by atoms with Gasteiger partial charge < -0.3 is 4.74 Å². The van der Waals surface area contributed by atoms with E-state index in [1.165, 1.54) is 44.1 Å². The summed E-state index contributed by atoms with van der Waals surface area (Å²) in [6.45, 7) is 6.78. The number of ketones is 1. The lowest BCUT2D eigenvalue weighted by Crippen LogP contribution is -2.54. The van der Waals surface area contributed by atoms with Gasteiger partial charge in [0.15, 0.2) is 5.78 Å². The van der Waals surface area contributed by atoms with Crippen LogP contribution in [0.3, 0.4) is 0 Å². The Morgan fingerprint density at radius 2 is 1.89 bits per heavy atom. The number of carbonyl (C=O) groups excluding carboxylic acids is 2. The van der Waals surface area contributed by atoms with Crippen molar-refractivity contribution in [3.05, 3.63) is 11.6 Å². The van der Waals surface area contributed by atoms with Crippen molar-refractivity contribution in [2.75, 3.05) is 0 Å². The molecule has 0 amide bonds. The summed E-state index contributed by atoms with van der Waals surface area (Å²) in [6, 6.07) is 0. The van der Waals surface area contributed by atoms with Gasteiger partial charge in [0.1, 0.15) is 6.10 Å². The third-order valence-electron chi connectivity index (χ3n) is 9.59. The second-order valence-electron chi connectivity index (χ2n) is 10.8. The highest BCUT2D eigenvalue weighted by Gasteiger charge is 2.66. The third kappa shape index (κ3) is 2.39. The van der Waals surface area contributed by atoms with Gasteiger partial charge in [0, 0.05) is 18.3 Å². The van der Waals surface area contributed by atoms with Gasteiger partial charge in [-0.3, -0.25) is 9.59 Å². The molecule has 0 aromatic heterocycles. The predicted octanol–water partition coefficient (Wildman–Crippen LogP) is 5.23. The maximum atomic E-state index is 12.2. The van der Waals surface area contributed by atoms with Crippen LogP contribution in [0, 0.1) is 34.0 Å². The molecule has 5 aliphatic rings. The van der Waals surface area contributed by atoms with Gasteiger partial charge in [0.25, 0.3) is 0 Å². The number of esters is 1. The maximum absolute atomic E-state index is 12.2. The fourth-order valence-corrected chi connectivity index (χ4v) is 8.00. The SMILES string of the molecule is CCC(=O)OC1CCC2C3CC4(CC4)C4=CC(=O)CCC4(C)C3CCC12C. The van der Waals surface area contributed by atoms with Crippen molar-refractivity contribution in [3.63, 3.8) is 0 Å². The van der Waals surface area contributed by atoms with E-state index >= 15 is 0 Å². The molecule has 0 N–H and O–H groups in total. The van der Waals surface area contributed by atoms with E-state index in [9.17, 15) is 9.59 Å². The largest absolute Gasteiger partial charge is 0.462 e. The molecule has 0 radical (unpaired) electrons. The van der Waals surface area contributed by atoms with Crippen molar-refractivity contribution in [2.45, 2.75) is 91.1 Å². The molecule has 5 rings (SSSR count). The summed E-state index contributed by atoms with van der Waals surface area (Å²) in [6.07, 6.45) is 12.9. The van der Waals surface area contributed by atoms with Crippen molar-refractivity contribution in [2.24, 2.45) is 34.0 Å². The first-order chi connectivity index (χ1) is 12.8. The Morgan fingerprint density at radius 1 is 1.11 bits per heavy atom. The van der Waals surface area contributed by atoms with E-state index in [0.29, 0.717) is 29.5 Å². The fraction of sp³-hybridized carbons (Fsp3) is 0.833. The number of ether oxygens (including phenoxy) is 1. The van der Waals surface area contributed by atoms with E-state index < -0.39 is 0 Å². The number of hydrogen-bond donors (Lipinski definition) is 0. The second kappa shape index (κ2) is 5.70. The van der Waals surface area contributed by atoms with E-state index in [1.54, 1.807) is 0 Å². The minimum atomic E-state index is -0.0331. The van der Waals surface area contributed by atoms with Gasteiger partial charge in [-0.05, 0) is 86.0 Å². The van der Waals surface area contributed by atoms with Gasteiger partial charge in [-0.25, -0.2) is 0 Å². The Labute approximate surface area is 163 Å². The molecule has 27 heavy (non-hydrogen) atoms. The molecule has 6 atom stereocenters. The molecule has 4 saturated carbocycles. The molecule has 0 bridgehead atoms. The minimum Gasteiger partial charge on any atom is -0.462 e. The molecule has 0 saturated heterocycles. The molecule has 0 aromatic rings. The monoisotopic (exact) mass is 370 g/mol. The van der Waals surface area contributed by atoms with Gasteiger partial charge in [-0.15, -0.1) is 0 Å². The standard InChI is InChI=1S/C24H34O3/c1-4-21(26)27-20-6-5-17-16-14-24(11-12-24)19-13-15(25)7-9-22(19,2)18(16)8-10-23(17,20)3/h13,16-18,20H,4-12,14H2,1-3H3. The van der Waals surface area contributed by atoms with Crippen molar-refractivity contribution >= 4 is 11.8 Å². The zero-order valence-corrected chi connectivity index (χ0v) is 17.2. The molecule has 4 fully saturated rings. The van der Waals surface area contributed by atoms with Crippen LogP contribution in [0.15, 0.2) is 11.6 Å². The number of fused-ring (bicyclic) bond motifs is 6. The van der Waals surface area contributed by atoms with Gasteiger partial charge in [0.05, 0.1) is 0 Å². The van der Waals surface area contributed by atoms with Gasteiger partial charge in [-0.2, -0.15) is 0 Å². The lowest BCUT2D eigenvalue weighted by Gasteiger charge is -2.60. The van der Waals surface area contributed by atoms with Gasteiger partial charge in [-0.1, -0.05) is 26.3 Å². The molecular formula is C24H34O3. The van der Waals surface area contributed by atoms with Gasteiger partial charge >= 0.3 is 5.97 Å². The summed E-state index contributed by atoms with van der Waals surface area (Å²) in [7, 11) is 0. The molecule has 3 heteroatoms. The quantitative estimate of drug-likeness (QED) is 0.625. The third-order valence-corrected chi connectivity index (χ3v) is 9.59. The lowest BCUT2D eigenvalue weighted by molar-refractivity contribution is -0.160. The topological polar surface area (TPSA) is 43.4 Å². The summed E-state index contributed by atoms with van der Waals surface area (Å²) in [5.41, 5.74) is 2.25. The van der Waals surface area contributed by atoms with E-state index in [4.69, 9.17) is 4.74 Å². The van der Waals surface area contributed by atoms with Crippen molar-refractivity contribution in [1.29, 1.82) is 0 Å². The lowest BCUT2D eigenvalue weighted by atomic mass is 9.44. The second-order valence-corrected chi connectivity index (χ2v) is 10.8. The fourth-order valence-electron chi connectivity index (χ4n) is 8.00. The molecule has 0 heterocycles. The molecule has 3 nitrogen and oxygen atoms in total. The highest BCUT2D eigenvalue weighted by Crippen LogP contribution is 2.74. The highest BCUT2D eigenvalue weighted by molar-refractivity contribution is 5.92. The molecular weight excluding hydrogens is 336 g/mol. The summed E-state index contributed by atoms with van der Waals surface area (Å²) in [5, 5.41) is 0. The van der Waals surface area contributed by atoms with Gasteiger partial charge in [0.2, 0.25) is 0 Å². The molecule has 148 valence electrons. The van der Waals surface area contributed by atoms with Crippen LogP contribution in [0.5, 0.6) is 0 Å². The molecule has 0 aliphatic heterocycles. The van der Waals surface area contributed by atoms with Crippen molar-refractivity contribution in [1.82, 2.24) is 0 Å². The molecule has 1 spiro atoms. The number of rotatable bonds is 2. The number of hydrogen-bond acceptors (Lipinski definition) is 3. The van der Waals surface area contributed by atoms with Crippen LogP contribution in [0.4, 0.5) is 0 Å². The molecule has 6 unspecified atom stereocenters. The van der Waals surface area contributed by atoms with Crippen molar-refractivity contribution in [3.8, 4) is 0 Å². The first kappa shape index (κ1) is 17.9. The summed E-state index contributed by atoms with van der Waals surface area (Å²) < 4.78 is 5.93. The first-order valence-corrected chi connectivity index (χ1v) is 11.3. The van der Waals surface area contributed by atoms with Crippen LogP contribution in [0.1, 0.15) is 85.0 Å². The Kier molecular flexibility index (Phi) is 3.79. The predicted molar refractivity (Wildman–Crippen MR) is 104 cm³/mol. The van der Waals surface area contributed by atoms with Crippen LogP contribution in [0.2, 0.25) is 0 Å². The van der Waals surface area contributed by atoms with Crippen LogP contribution in [-0.2, 0) is 14.3 Å². The number of allylic oxidation sites excluding steroid dienone is 1. The van der Waals surface area contributed by atoms with E-state index in [0.717, 1.165) is 25.2 Å². The number of carbonyl (C=O) groups is 2. The summed E-state index contributed by atoms with van der Waals surface area (Å²) >= 11 is 0. The van der Waals surface area contributed by atoms with E-state index in [2.05, 4.69) is 19.9 Å². The first-order valence-electron chi connectivity index (χ1n) is 11.3. The normalized spacial score (nSPS) is 46.9. The molecule has 0 aromatic carbocycles. The summed E-state index contributed by atoms with van der Waals surface area (Å²) in [4.78, 5) is 24.2. The average molecular weight is 371 g/mol. The average Bonchev–Trinajstić information content (AvgIpc) is 3.33.